The van der Waals surface area contributed by atoms with Crippen molar-refractivity contribution in [3.63, 3.8) is 0 Å². The molecule has 1 unspecified atom stereocenters. The van der Waals surface area contributed by atoms with Crippen LogP contribution in [0.25, 0.3) is 0 Å². The standard InChI is InChI=1S/C75H132O6/c1-4-7-10-13-16-19-22-25-27-29-31-33-35-36-37-38-40-41-43-45-47-50-53-56-59-62-65-68-74(77)80-71-72(70-79-73(76)67-64-61-58-55-52-49-24-21-18-15-12-9-6-3)81-75(78)69-66-63-60-57-54-51-48-46-44-42-39-34-32-30-28-26-23-20-17-14-11-8-5-2/h7,10,16,19,23,25-27,30-33,39,42,72H,4-6,8-9,11-15,17-18,20-22,24,28-29,34-38,40-41,43-71H2,1-3H3/b10-7-,19-16-,26-23-,27-25-,32-30-,33-31-,42-39-. The van der Waals surface area contributed by atoms with E-state index in [0.29, 0.717) is 19.3 Å². The van der Waals surface area contributed by atoms with Crippen LogP contribution in [0.3, 0.4) is 0 Å². The predicted molar refractivity (Wildman–Crippen MR) is 353 cm³/mol. The number of hydrogen-bond donors (Lipinski definition) is 0. The molecule has 0 rings (SSSR count). The Morgan fingerprint density at radius 1 is 0.259 bits per heavy atom. The summed E-state index contributed by atoms with van der Waals surface area (Å²) in [7, 11) is 0. The fourth-order valence-electron chi connectivity index (χ4n) is 10.2. The summed E-state index contributed by atoms with van der Waals surface area (Å²) >= 11 is 0. The number of rotatable bonds is 64. The summed E-state index contributed by atoms with van der Waals surface area (Å²) in [5.74, 6) is -0.864. The van der Waals surface area contributed by atoms with Gasteiger partial charge in [0.1, 0.15) is 13.2 Å². The molecule has 0 heterocycles. The molecule has 0 aliphatic rings. The molecule has 0 aromatic heterocycles. The lowest BCUT2D eigenvalue weighted by atomic mass is 10.0. The van der Waals surface area contributed by atoms with Crippen molar-refractivity contribution in [3.8, 4) is 0 Å². The van der Waals surface area contributed by atoms with E-state index in [-0.39, 0.29) is 31.1 Å². The Bertz CT molecular complexity index is 1530. The Labute approximate surface area is 503 Å². The molecule has 0 radical (unpaired) electrons. The van der Waals surface area contributed by atoms with Gasteiger partial charge in [0.05, 0.1) is 0 Å². The summed E-state index contributed by atoms with van der Waals surface area (Å²) in [6, 6.07) is 0. The topological polar surface area (TPSA) is 78.9 Å². The van der Waals surface area contributed by atoms with Gasteiger partial charge < -0.3 is 14.2 Å². The molecule has 0 aliphatic carbocycles. The van der Waals surface area contributed by atoms with Crippen LogP contribution < -0.4 is 0 Å². The van der Waals surface area contributed by atoms with E-state index in [1.165, 1.54) is 212 Å². The Hall–Kier alpha value is -3.41. The van der Waals surface area contributed by atoms with E-state index in [0.717, 1.165) is 103 Å². The van der Waals surface area contributed by atoms with Gasteiger partial charge in [0.25, 0.3) is 0 Å². The average molecular weight is 1130 g/mol. The Balaban J connectivity index is 4.28. The van der Waals surface area contributed by atoms with E-state index < -0.39 is 6.10 Å². The molecule has 1 atom stereocenters. The molecule has 0 saturated carbocycles. The highest BCUT2D eigenvalue weighted by Crippen LogP contribution is 2.17. The lowest BCUT2D eigenvalue weighted by molar-refractivity contribution is -0.167. The first-order chi connectivity index (χ1) is 40.0. The number of ether oxygens (including phenoxy) is 3. The van der Waals surface area contributed by atoms with Crippen LogP contribution in [0, 0.1) is 0 Å². The predicted octanol–water partition coefficient (Wildman–Crippen LogP) is 24.2. The minimum absolute atomic E-state index is 0.0753. The third kappa shape index (κ3) is 67.3. The molecule has 468 valence electrons. The van der Waals surface area contributed by atoms with E-state index in [4.69, 9.17) is 14.2 Å². The number of esters is 3. The van der Waals surface area contributed by atoms with Crippen LogP contribution >= 0.6 is 0 Å². The quantitative estimate of drug-likeness (QED) is 0.0261. The third-order valence-electron chi connectivity index (χ3n) is 15.4. The SMILES string of the molecule is CC/C=C\C/C=C\C/C=C\C/C=C\CCCCCCCCCCCCCCCCC(=O)OCC(COC(=O)CCCCCCCCCCCCCCC)OC(=O)CCCCCCCCCC/C=C\C/C=C\C/C=C\CCCCCCC. The maximum atomic E-state index is 13.0. The molecule has 0 N–H and O–H groups in total. The smallest absolute Gasteiger partial charge is 0.306 e. The molecule has 0 aromatic rings. The highest BCUT2D eigenvalue weighted by atomic mass is 16.6. The molecule has 0 saturated heterocycles. The van der Waals surface area contributed by atoms with Gasteiger partial charge in [-0.05, 0) is 96.3 Å². The first-order valence-electron chi connectivity index (χ1n) is 35.1. The van der Waals surface area contributed by atoms with E-state index >= 15 is 0 Å². The maximum Gasteiger partial charge on any atom is 0.306 e. The molecular formula is C75H132O6. The van der Waals surface area contributed by atoms with Crippen molar-refractivity contribution >= 4 is 17.9 Å². The van der Waals surface area contributed by atoms with E-state index in [1.54, 1.807) is 0 Å². The van der Waals surface area contributed by atoms with Gasteiger partial charge in [-0.25, -0.2) is 0 Å². The van der Waals surface area contributed by atoms with E-state index in [1.807, 2.05) is 0 Å². The summed E-state index contributed by atoms with van der Waals surface area (Å²) in [6.45, 7) is 6.56. The second-order valence-electron chi connectivity index (χ2n) is 23.4. The first-order valence-corrected chi connectivity index (χ1v) is 35.1. The first kappa shape index (κ1) is 77.6. The van der Waals surface area contributed by atoms with Crippen molar-refractivity contribution in [3.05, 3.63) is 85.1 Å². The molecule has 6 nitrogen and oxygen atoms in total. The van der Waals surface area contributed by atoms with Gasteiger partial charge >= 0.3 is 17.9 Å². The van der Waals surface area contributed by atoms with Crippen LogP contribution in [0.15, 0.2) is 85.1 Å². The number of hydrogen-bond acceptors (Lipinski definition) is 6. The molecule has 0 bridgehead atoms. The van der Waals surface area contributed by atoms with Crippen molar-refractivity contribution in [2.45, 2.75) is 361 Å². The molecule has 6 heteroatoms. The number of carbonyl (C=O) groups is 3. The Morgan fingerprint density at radius 2 is 0.481 bits per heavy atom. The Kier molecular flexibility index (Phi) is 66.2. The van der Waals surface area contributed by atoms with Crippen LogP contribution in [0.5, 0.6) is 0 Å². The summed E-state index contributed by atoms with van der Waals surface area (Å²) < 4.78 is 17.0. The number of unbranched alkanes of at least 4 members (excludes halogenated alkanes) is 39. The monoisotopic (exact) mass is 1130 g/mol. The normalized spacial score (nSPS) is 12.6. The zero-order chi connectivity index (χ0) is 58.5. The summed E-state index contributed by atoms with van der Waals surface area (Å²) in [4.78, 5) is 38.4. The van der Waals surface area contributed by atoms with Crippen LogP contribution in [-0.2, 0) is 28.6 Å². The average Bonchev–Trinajstić information content (AvgIpc) is 3.46. The zero-order valence-electron chi connectivity index (χ0n) is 53.8. The van der Waals surface area contributed by atoms with Gasteiger partial charge in [0, 0.05) is 19.3 Å². The van der Waals surface area contributed by atoms with Crippen molar-refractivity contribution < 1.29 is 28.6 Å². The van der Waals surface area contributed by atoms with Gasteiger partial charge in [0.2, 0.25) is 0 Å². The van der Waals surface area contributed by atoms with Crippen LogP contribution in [-0.4, -0.2) is 37.2 Å². The highest BCUT2D eigenvalue weighted by Gasteiger charge is 2.19. The lowest BCUT2D eigenvalue weighted by Gasteiger charge is -2.18. The largest absolute Gasteiger partial charge is 0.462 e. The van der Waals surface area contributed by atoms with Gasteiger partial charge in [-0.2, -0.15) is 0 Å². The summed E-state index contributed by atoms with van der Waals surface area (Å²) in [6.07, 6.45) is 91.7. The van der Waals surface area contributed by atoms with Gasteiger partial charge in [-0.3, -0.25) is 14.4 Å². The van der Waals surface area contributed by atoms with E-state index in [9.17, 15) is 14.4 Å². The van der Waals surface area contributed by atoms with Crippen molar-refractivity contribution in [2.75, 3.05) is 13.2 Å². The number of allylic oxidation sites excluding steroid dienone is 14. The van der Waals surface area contributed by atoms with Crippen LogP contribution in [0.1, 0.15) is 355 Å². The van der Waals surface area contributed by atoms with Crippen molar-refractivity contribution in [1.29, 1.82) is 0 Å². The van der Waals surface area contributed by atoms with Crippen molar-refractivity contribution in [1.82, 2.24) is 0 Å². The van der Waals surface area contributed by atoms with Crippen LogP contribution in [0.4, 0.5) is 0 Å². The number of carbonyl (C=O) groups excluding carboxylic acids is 3. The van der Waals surface area contributed by atoms with Gasteiger partial charge in [-0.1, -0.05) is 324 Å². The second-order valence-corrected chi connectivity index (χ2v) is 23.4. The fraction of sp³-hybridized carbons (Fsp3) is 0.773. The maximum absolute atomic E-state index is 13.0. The van der Waals surface area contributed by atoms with Crippen molar-refractivity contribution in [2.24, 2.45) is 0 Å². The summed E-state index contributed by atoms with van der Waals surface area (Å²) in [5, 5.41) is 0. The molecule has 0 aliphatic heterocycles. The Morgan fingerprint density at radius 3 is 0.753 bits per heavy atom. The molecule has 0 spiro atoms. The highest BCUT2D eigenvalue weighted by molar-refractivity contribution is 5.71. The van der Waals surface area contributed by atoms with Crippen LogP contribution in [0.2, 0.25) is 0 Å². The molecule has 0 amide bonds. The molecular weight excluding hydrogens is 997 g/mol. The zero-order valence-corrected chi connectivity index (χ0v) is 53.8. The third-order valence-corrected chi connectivity index (χ3v) is 15.4. The molecule has 81 heavy (non-hydrogen) atoms. The fourth-order valence-corrected chi connectivity index (χ4v) is 10.2. The second kappa shape index (κ2) is 69.1. The summed E-state index contributed by atoms with van der Waals surface area (Å²) in [5.41, 5.74) is 0. The minimum atomic E-state index is -0.780. The van der Waals surface area contributed by atoms with Gasteiger partial charge in [0.15, 0.2) is 6.10 Å². The van der Waals surface area contributed by atoms with Gasteiger partial charge in [-0.15, -0.1) is 0 Å². The minimum Gasteiger partial charge on any atom is -0.462 e. The molecule has 0 aromatic carbocycles. The van der Waals surface area contributed by atoms with E-state index in [2.05, 4.69) is 106 Å². The molecule has 0 fully saturated rings. The lowest BCUT2D eigenvalue weighted by Crippen LogP contribution is -2.30.